The molecule has 0 aliphatic heterocycles. The van der Waals surface area contributed by atoms with E-state index in [1.807, 2.05) is 43.9 Å². The van der Waals surface area contributed by atoms with Gasteiger partial charge in [0.05, 0.1) is 17.8 Å². The Balaban J connectivity index is 2.21. The second-order valence-corrected chi connectivity index (χ2v) is 4.78. The van der Waals surface area contributed by atoms with Gasteiger partial charge in [0.15, 0.2) is 0 Å². The zero-order valence-corrected chi connectivity index (χ0v) is 11.9. The number of benzene rings is 1. The predicted molar refractivity (Wildman–Crippen MR) is 78.1 cm³/mol. The van der Waals surface area contributed by atoms with Gasteiger partial charge in [0.1, 0.15) is 0 Å². The largest absolute Gasteiger partial charge is 0.478 e. The third-order valence-corrected chi connectivity index (χ3v) is 3.41. The molecule has 0 radical (unpaired) electrons. The number of anilines is 1. The van der Waals surface area contributed by atoms with E-state index in [-0.39, 0.29) is 6.04 Å². The lowest BCUT2D eigenvalue weighted by Gasteiger charge is -2.16. The van der Waals surface area contributed by atoms with Gasteiger partial charge in [0.2, 0.25) is 0 Å². The van der Waals surface area contributed by atoms with Gasteiger partial charge in [0, 0.05) is 24.0 Å². The molecule has 0 aliphatic rings. The summed E-state index contributed by atoms with van der Waals surface area (Å²) in [6.07, 6.45) is 3.82. The number of carboxylic acid groups (broad SMARTS) is 1. The minimum atomic E-state index is -0.905. The maximum absolute atomic E-state index is 11.1. The Morgan fingerprint density at radius 1 is 1.50 bits per heavy atom. The van der Waals surface area contributed by atoms with Gasteiger partial charge in [-0.1, -0.05) is 6.07 Å². The molecule has 0 aliphatic carbocycles. The first-order valence-electron chi connectivity index (χ1n) is 6.64. The highest BCUT2D eigenvalue weighted by molar-refractivity contribution is 5.91. The Hall–Kier alpha value is -2.30. The van der Waals surface area contributed by atoms with Crippen LogP contribution in [0.5, 0.6) is 0 Å². The van der Waals surface area contributed by atoms with Crippen molar-refractivity contribution in [2.24, 2.45) is 0 Å². The first-order chi connectivity index (χ1) is 9.52. The van der Waals surface area contributed by atoms with Crippen LogP contribution in [-0.2, 0) is 6.54 Å². The molecule has 0 amide bonds. The Morgan fingerprint density at radius 2 is 2.25 bits per heavy atom. The summed E-state index contributed by atoms with van der Waals surface area (Å²) in [4.78, 5) is 11.1. The number of nitrogens with zero attached hydrogens (tertiary/aromatic N) is 2. The molecule has 0 bridgehead atoms. The summed E-state index contributed by atoms with van der Waals surface area (Å²) in [7, 11) is 0. The number of hydrogen-bond donors (Lipinski definition) is 2. The molecule has 0 fully saturated rings. The molecule has 2 rings (SSSR count). The summed E-state index contributed by atoms with van der Waals surface area (Å²) in [6.45, 7) is 6.72. The maximum atomic E-state index is 11.1. The Kier molecular flexibility index (Phi) is 4.08. The van der Waals surface area contributed by atoms with Crippen molar-refractivity contribution in [3.8, 4) is 0 Å². The van der Waals surface area contributed by atoms with Gasteiger partial charge in [-0.05, 0) is 38.5 Å². The Morgan fingerprint density at radius 3 is 2.85 bits per heavy atom. The molecule has 0 saturated carbocycles. The molecule has 20 heavy (non-hydrogen) atoms. The molecular formula is C15H19N3O2. The molecule has 1 heterocycles. The lowest BCUT2D eigenvalue weighted by molar-refractivity contribution is 0.0696. The molecule has 0 spiro atoms. The van der Waals surface area contributed by atoms with Crippen LogP contribution in [0.2, 0.25) is 0 Å². The van der Waals surface area contributed by atoms with Crippen LogP contribution in [0, 0.1) is 6.92 Å². The van der Waals surface area contributed by atoms with E-state index < -0.39 is 5.97 Å². The average Bonchev–Trinajstić information content (AvgIpc) is 2.89. The Labute approximate surface area is 118 Å². The summed E-state index contributed by atoms with van der Waals surface area (Å²) in [5.41, 5.74) is 2.98. The van der Waals surface area contributed by atoms with Crippen molar-refractivity contribution in [1.82, 2.24) is 9.78 Å². The molecule has 2 aromatic rings. The SMILES string of the molecule is CCn1cc(C(C)Nc2cccc(C(=O)O)c2C)cn1. The molecular weight excluding hydrogens is 254 g/mol. The van der Waals surface area contributed by atoms with E-state index in [0.29, 0.717) is 5.56 Å². The summed E-state index contributed by atoms with van der Waals surface area (Å²) < 4.78 is 1.87. The third-order valence-electron chi connectivity index (χ3n) is 3.41. The number of aromatic carboxylic acids is 1. The van der Waals surface area contributed by atoms with E-state index in [0.717, 1.165) is 23.4 Å². The van der Waals surface area contributed by atoms with E-state index >= 15 is 0 Å². The fourth-order valence-electron chi connectivity index (χ4n) is 2.12. The second-order valence-electron chi connectivity index (χ2n) is 4.78. The van der Waals surface area contributed by atoms with Gasteiger partial charge < -0.3 is 10.4 Å². The molecule has 106 valence electrons. The van der Waals surface area contributed by atoms with Crippen LogP contribution < -0.4 is 5.32 Å². The zero-order chi connectivity index (χ0) is 14.7. The number of nitrogens with one attached hydrogen (secondary N) is 1. The lowest BCUT2D eigenvalue weighted by Crippen LogP contribution is -2.09. The monoisotopic (exact) mass is 273 g/mol. The average molecular weight is 273 g/mol. The van der Waals surface area contributed by atoms with Crippen molar-refractivity contribution in [1.29, 1.82) is 0 Å². The van der Waals surface area contributed by atoms with Crippen LogP contribution in [0.1, 0.15) is 41.4 Å². The number of rotatable bonds is 5. The van der Waals surface area contributed by atoms with E-state index in [1.165, 1.54) is 0 Å². The first kappa shape index (κ1) is 14.1. The van der Waals surface area contributed by atoms with Crippen molar-refractivity contribution in [3.05, 3.63) is 47.3 Å². The van der Waals surface area contributed by atoms with Crippen molar-refractivity contribution in [2.75, 3.05) is 5.32 Å². The first-order valence-corrected chi connectivity index (χ1v) is 6.64. The molecule has 2 N–H and O–H groups in total. The normalized spacial score (nSPS) is 12.2. The van der Waals surface area contributed by atoms with Gasteiger partial charge in [-0.25, -0.2) is 4.79 Å². The van der Waals surface area contributed by atoms with Gasteiger partial charge in [-0.2, -0.15) is 5.10 Å². The predicted octanol–water partition coefficient (Wildman–Crippen LogP) is 3.08. The highest BCUT2D eigenvalue weighted by Gasteiger charge is 2.13. The molecule has 1 aromatic heterocycles. The second kappa shape index (κ2) is 5.77. The van der Waals surface area contributed by atoms with E-state index in [2.05, 4.69) is 10.4 Å². The molecule has 5 heteroatoms. The number of aryl methyl sites for hydroxylation is 1. The lowest BCUT2D eigenvalue weighted by atomic mass is 10.1. The van der Waals surface area contributed by atoms with Crippen LogP contribution in [-0.4, -0.2) is 20.9 Å². The van der Waals surface area contributed by atoms with Crippen LogP contribution in [0.15, 0.2) is 30.6 Å². The van der Waals surface area contributed by atoms with Crippen molar-refractivity contribution < 1.29 is 9.90 Å². The molecule has 1 atom stereocenters. The van der Waals surface area contributed by atoms with E-state index in [1.54, 1.807) is 12.1 Å². The minimum absolute atomic E-state index is 0.0676. The van der Waals surface area contributed by atoms with Crippen LogP contribution >= 0.6 is 0 Å². The van der Waals surface area contributed by atoms with E-state index in [4.69, 9.17) is 5.11 Å². The summed E-state index contributed by atoms with van der Waals surface area (Å²) >= 11 is 0. The van der Waals surface area contributed by atoms with Crippen LogP contribution in [0.25, 0.3) is 0 Å². The van der Waals surface area contributed by atoms with Crippen molar-refractivity contribution >= 4 is 11.7 Å². The topological polar surface area (TPSA) is 67.2 Å². The Bertz CT molecular complexity index is 619. The van der Waals surface area contributed by atoms with Gasteiger partial charge in [-0.15, -0.1) is 0 Å². The quantitative estimate of drug-likeness (QED) is 0.878. The molecule has 0 saturated heterocycles. The van der Waals surface area contributed by atoms with Crippen molar-refractivity contribution in [3.63, 3.8) is 0 Å². The number of hydrogen-bond acceptors (Lipinski definition) is 3. The fourth-order valence-corrected chi connectivity index (χ4v) is 2.12. The van der Waals surface area contributed by atoms with Gasteiger partial charge >= 0.3 is 5.97 Å². The highest BCUT2D eigenvalue weighted by atomic mass is 16.4. The van der Waals surface area contributed by atoms with E-state index in [9.17, 15) is 4.79 Å². The number of carboxylic acids is 1. The summed E-state index contributed by atoms with van der Waals surface area (Å²) in [5.74, 6) is -0.905. The smallest absolute Gasteiger partial charge is 0.336 e. The van der Waals surface area contributed by atoms with Crippen LogP contribution in [0.3, 0.4) is 0 Å². The summed E-state index contributed by atoms with van der Waals surface area (Å²) in [6, 6.07) is 5.32. The highest BCUT2D eigenvalue weighted by Crippen LogP contribution is 2.24. The third kappa shape index (κ3) is 2.82. The van der Waals surface area contributed by atoms with Crippen molar-refractivity contribution in [2.45, 2.75) is 33.4 Å². The molecule has 1 unspecified atom stereocenters. The molecule has 5 nitrogen and oxygen atoms in total. The van der Waals surface area contributed by atoms with Gasteiger partial charge in [0.25, 0.3) is 0 Å². The minimum Gasteiger partial charge on any atom is -0.478 e. The number of carbonyl (C=O) groups is 1. The zero-order valence-electron chi connectivity index (χ0n) is 11.9. The number of aromatic nitrogens is 2. The summed E-state index contributed by atoms with van der Waals surface area (Å²) in [5, 5.41) is 16.7. The maximum Gasteiger partial charge on any atom is 0.336 e. The van der Waals surface area contributed by atoms with Gasteiger partial charge in [-0.3, -0.25) is 4.68 Å². The molecule has 1 aromatic carbocycles. The standard InChI is InChI=1S/C15H19N3O2/c1-4-18-9-12(8-16-18)11(3)17-14-7-5-6-13(10(14)2)15(19)20/h5-9,11,17H,4H2,1-3H3,(H,19,20). The fraction of sp³-hybridized carbons (Fsp3) is 0.333. The van der Waals surface area contributed by atoms with Crippen LogP contribution in [0.4, 0.5) is 5.69 Å².